The fraction of sp³-hybridized carbons (Fsp3) is 0.744. The summed E-state index contributed by atoms with van der Waals surface area (Å²) in [5.74, 6) is 0.566. The Balaban J connectivity index is 2.08. The molecule has 0 aromatic heterocycles. The molecule has 8 heteroatoms. The molecule has 8 nitrogen and oxygen atoms in total. The topological polar surface area (TPSA) is 88.2 Å². The summed E-state index contributed by atoms with van der Waals surface area (Å²) in [5.41, 5.74) is 3.95. The second kappa shape index (κ2) is 24.5. The minimum absolute atomic E-state index is 0.0113. The molecule has 0 aromatic rings. The van der Waals surface area contributed by atoms with Crippen LogP contribution in [0.15, 0.2) is 47.6 Å². The largest absolute Gasteiger partial charge is 0.461 e. The van der Waals surface area contributed by atoms with Gasteiger partial charge in [0.1, 0.15) is 18.8 Å². The number of unbranched alkanes of at least 4 members (excludes halogenated alkanes) is 2. The first-order chi connectivity index (χ1) is 24.4. The maximum Gasteiger partial charge on any atom is 0.306 e. The summed E-state index contributed by atoms with van der Waals surface area (Å²) in [6, 6.07) is 0. The van der Waals surface area contributed by atoms with Crippen molar-refractivity contribution in [1.29, 1.82) is 0 Å². The highest BCUT2D eigenvalue weighted by Crippen LogP contribution is 2.31. The minimum atomic E-state index is -0.837. The molecule has 1 amide bonds. The van der Waals surface area contributed by atoms with Crippen LogP contribution in [0, 0.1) is 11.8 Å². The van der Waals surface area contributed by atoms with Crippen molar-refractivity contribution in [2.45, 2.75) is 143 Å². The number of amides is 1. The lowest BCUT2D eigenvalue weighted by Crippen LogP contribution is -2.58. The van der Waals surface area contributed by atoms with Gasteiger partial charge < -0.3 is 19.7 Å². The standard InChI is InChI=1S/C43H73N3O5/c1-9-12-29-44-42(49)43(45(8)30-13-14-31-46(10-2)11-3,27-15-17-40(47)50-32-36-19-23-38(24-20-36)34(4)5)28-16-18-41(48)51-33-37-21-25-39(26-22-37)35(6)7/h19,21,38-39H,4,6,9-18,20,22-33H2,1-3,5,7-8H3,(H,44,49)/t38-,39-/m1/s1. The molecule has 0 unspecified atom stereocenters. The number of nitrogens with zero attached hydrogens (tertiary/aromatic N) is 2. The summed E-state index contributed by atoms with van der Waals surface area (Å²) >= 11 is 0. The summed E-state index contributed by atoms with van der Waals surface area (Å²) in [4.78, 5) is 44.6. The van der Waals surface area contributed by atoms with Crippen molar-refractivity contribution in [2.75, 3.05) is 53.0 Å². The SMILES string of the molecule is C=C(C)[C@@H]1CC=C(COC(=O)CCCC(CCCC(=O)OCC2=CC[C@@H](C(=C)C)CC2)(C(=O)NCCCC)N(C)CCCCN(CC)CC)CC1. The van der Waals surface area contributed by atoms with Crippen molar-refractivity contribution in [3.63, 3.8) is 0 Å². The highest BCUT2D eigenvalue weighted by Gasteiger charge is 2.41. The van der Waals surface area contributed by atoms with E-state index >= 15 is 0 Å². The number of esters is 2. The normalized spacial score (nSPS) is 17.9. The van der Waals surface area contributed by atoms with Crippen LogP contribution < -0.4 is 5.32 Å². The number of carbonyl (C=O) groups excluding carboxylic acids is 3. The van der Waals surface area contributed by atoms with E-state index in [2.05, 4.69) is 75.0 Å². The molecule has 0 bridgehead atoms. The first kappa shape index (κ1) is 44.5. The Kier molecular flexibility index (Phi) is 21.4. The van der Waals surface area contributed by atoms with E-state index in [1.807, 2.05) is 7.05 Å². The van der Waals surface area contributed by atoms with Crippen LogP contribution in [0.4, 0.5) is 0 Å². The zero-order chi connectivity index (χ0) is 37.6. The van der Waals surface area contributed by atoms with E-state index in [-0.39, 0.29) is 30.7 Å². The monoisotopic (exact) mass is 712 g/mol. The third kappa shape index (κ3) is 16.2. The van der Waals surface area contributed by atoms with E-state index in [0.29, 0.717) is 57.3 Å². The molecule has 0 saturated heterocycles. The zero-order valence-corrected chi connectivity index (χ0v) is 33.4. The Morgan fingerprint density at radius 2 is 1.27 bits per heavy atom. The average molecular weight is 712 g/mol. The molecule has 2 aliphatic rings. The molecular weight excluding hydrogens is 638 g/mol. The number of ether oxygens (including phenoxy) is 2. The smallest absolute Gasteiger partial charge is 0.306 e. The van der Waals surface area contributed by atoms with E-state index < -0.39 is 5.54 Å². The van der Waals surface area contributed by atoms with Crippen molar-refractivity contribution in [2.24, 2.45) is 11.8 Å². The van der Waals surface area contributed by atoms with Gasteiger partial charge in [-0.1, -0.05) is 63.6 Å². The van der Waals surface area contributed by atoms with E-state index in [9.17, 15) is 14.4 Å². The molecule has 0 spiro atoms. The summed E-state index contributed by atoms with van der Waals surface area (Å²) in [6.45, 7) is 24.0. The molecule has 2 aliphatic carbocycles. The van der Waals surface area contributed by atoms with E-state index in [0.717, 1.165) is 90.4 Å². The number of rotatable bonds is 26. The van der Waals surface area contributed by atoms with Crippen molar-refractivity contribution in [1.82, 2.24) is 15.1 Å². The third-order valence-electron chi connectivity index (χ3n) is 11.3. The summed E-state index contributed by atoms with van der Waals surface area (Å²) in [7, 11) is 2.04. The van der Waals surface area contributed by atoms with Crippen molar-refractivity contribution < 1.29 is 23.9 Å². The van der Waals surface area contributed by atoms with Gasteiger partial charge in [-0.3, -0.25) is 19.3 Å². The van der Waals surface area contributed by atoms with E-state index in [4.69, 9.17) is 9.47 Å². The maximum absolute atomic E-state index is 14.2. The van der Waals surface area contributed by atoms with Crippen LogP contribution in [-0.4, -0.2) is 86.2 Å². The van der Waals surface area contributed by atoms with Gasteiger partial charge >= 0.3 is 11.9 Å². The maximum atomic E-state index is 14.2. The summed E-state index contributed by atoms with van der Waals surface area (Å²) < 4.78 is 11.4. The predicted octanol–water partition coefficient (Wildman–Crippen LogP) is 8.73. The molecule has 0 aromatic carbocycles. The first-order valence-electron chi connectivity index (χ1n) is 20.1. The van der Waals surface area contributed by atoms with Gasteiger partial charge in [-0.15, -0.1) is 0 Å². The van der Waals surface area contributed by atoms with Gasteiger partial charge in [0.2, 0.25) is 5.91 Å². The lowest BCUT2D eigenvalue weighted by Gasteiger charge is -2.41. The zero-order valence-electron chi connectivity index (χ0n) is 33.4. The van der Waals surface area contributed by atoms with Crippen LogP contribution in [0.1, 0.15) is 137 Å². The summed E-state index contributed by atoms with van der Waals surface area (Å²) in [5, 5.41) is 3.22. The molecule has 0 radical (unpaired) electrons. The Labute approximate surface area is 311 Å². The molecule has 2 rings (SSSR count). The number of hydrogen-bond donors (Lipinski definition) is 1. The lowest BCUT2D eigenvalue weighted by molar-refractivity contribution is -0.144. The number of hydrogen-bond acceptors (Lipinski definition) is 7. The van der Waals surface area contributed by atoms with Gasteiger partial charge in [0.05, 0.1) is 0 Å². The number of allylic oxidation sites excluding steroid dienone is 4. The number of carbonyl (C=O) groups is 3. The van der Waals surface area contributed by atoms with Gasteiger partial charge in [0.25, 0.3) is 0 Å². The van der Waals surface area contributed by atoms with Gasteiger partial charge in [0.15, 0.2) is 0 Å². The molecule has 0 heterocycles. The molecule has 51 heavy (non-hydrogen) atoms. The Morgan fingerprint density at radius 3 is 1.69 bits per heavy atom. The summed E-state index contributed by atoms with van der Waals surface area (Å²) in [6.07, 6.45) is 16.8. The molecule has 0 aliphatic heterocycles. The van der Waals surface area contributed by atoms with Crippen LogP contribution in [0.25, 0.3) is 0 Å². The first-order valence-corrected chi connectivity index (χ1v) is 20.1. The molecule has 290 valence electrons. The van der Waals surface area contributed by atoms with Gasteiger partial charge in [-0.25, -0.2) is 0 Å². The van der Waals surface area contributed by atoms with Crippen LogP contribution in [0.5, 0.6) is 0 Å². The van der Waals surface area contributed by atoms with E-state index in [1.165, 1.54) is 22.3 Å². The third-order valence-corrected chi connectivity index (χ3v) is 11.3. The average Bonchev–Trinajstić information content (AvgIpc) is 3.12. The van der Waals surface area contributed by atoms with Gasteiger partial charge in [0, 0.05) is 19.4 Å². The molecule has 2 atom stereocenters. The molecular formula is C43H73N3O5. The molecule has 0 fully saturated rings. The van der Waals surface area contributed by atoms with Crippen LogP contribution >= 0.6 is 0 Å². The lowest BCUT2D eigenvalue weighted by atomic mass is 9.84. The second-order valence-corrected chi connectivity index (χ2v) is 15.2. The van der Waals surface area contributed by atoms with Crippen molar-refractivity contribution >= 4 is 17.8 Å². The number of likely N-dealkylation sites (N-methyl/N-ethyl adjacent to an activating group) is 1. The number of nitrogens with one attached hydrogen (secondary N) is 1. The van der Waals surface area contributed by atoms with E-state index in [1.54, 1.807) is 0 Å². The van der Waals surface area contributed by atoms with Gasteiger partial charge in [-0.2, -0.15) is 0 Å². The van der Waals surface area contributed by atoms with Crippen molar-refractivity contribution in [3.8, 4) is 0 Å². The molecule has 0 saturated carbocycles. The Bertz CT molecular complexity index is 1110. The van der Waals surface area contributed by atoms with Crippen LogP contribution in [0.2, 0.25) is 0 Å². The fourth-order valence-electron chi connectivity index (χ4n) is 7.36. The highest BCUT2D eigenvalue weighted by atomic mass is 16.5. The van der Waals surface area contributed by atoms with Gasteiger partial charge in [-0.05, 0) is 154 Å². The van der Waals surface area contributed by atoms with Crippen LogP contribution in [-0.2, 0) is 23.9 Å². The second-order valence-electron chi connectivity index (χ2n) is 15.2. The quantitative estimate of drug-likeness (QED) is 0.0546. The fourth-order valence-corrected chi connectivity index (χ4v) is 7.36. The highest BCUT2D eigenvalue weighted by molar-refractivity contribution is 5.86. The predicted molar refractivity (Wildman–Crippen MR) is 210 cm³/mol. The van der Waals surface area contributed by atoms with Crippen molar-refractivity contribution in [3.05, 3.63) is 47.6 Å². The Morgan fingerprint density at radius 1 is 0.784 bits per heavy atom. The van der Waals surface area contributed by atoms with Crippen LogP contribution in [0.3, 0.4) is 0 Å². The Hall–Kier alpha value is -2.71. The minimum Gasteiger partial charge on any atom is -0.461 e. The molecule has 1 N–H and O–H groups in total.